The van der Waals surface area contributed by atoms with E-state index in [-0.39, 0.29) is 36.3 Å². The number of nitrogens with two attached hydrogens (primary N) is 2. The first-order chi connectivity index (χ1) is 16.8. The Kier molecular flexibility index (Phi) is 6.24. The van der Waals surface area contributed by atoms with Crippen LogP contribution in [0.25, 0.3) is 5.76 Å². The zero-order valence-electron chi connectivity index (χ0n) is 20.7. The number of aliphatic hydroxyl groups excluding tert-OH is 2. The van der Waals surface area contributed by atoms with Gasteiger partial charge in [0.05, 0.1) is 11.6 Å². The van der Waals surface area contributed by atoms with Crippen LogP contribution in [0.2, 0.25) is 0 Å². The van der Waals surface area contributed by atoms with Crippen molar-refractivity contribution < 1.29 is 34.8 Å². The van der Waals surface area contributed by atoms with Gasteiger partial charge in [-0.05, 0) is 64.1 Å². The minimum Gasteiger partial charge on any atom is -0.508 e. The summed E-state index contributed by atoms with van der Waals surface area (Å²) in [6.07, 6.45) is 0.294. The van der Waals surface area contributed by atoms with Crippen molar-refractivity contribution >= 4 is 23.2 Å². The van der Waals surface area contributed by atoms with Crippen molar-refractivity contribution in [3.8, 4) is 5.75 Å². The van der Waals surface area contributed by atoms with Gasteiger partial charge in [0.25, 0.3) is 5.91 Å². The summed E-state index contributed by atoms with van der Waals surface area (Å²) < 4.78 is 0. The van der Waals surface area contributed by atoms with Gasteiger partial charge in [0.15, 0.2) is 11.4 Å². The summed E-state index contributed by atoms with van der Waals surface area (Å²) in [6.45, 7) is 0.472. The molecule has 36 heavy (non-hydrogen) atoms. The maximum absolute atomic E-state index is 13.9. The lowest BCUT2D eigenvalue weighted by Gasteiger charge is -2.50. The minimum absolute atomic E-state index is 0.0103. The van der Waals surface area contributed by atoms with Crippen molar-refractivity contribution in [1.29, 1.82) is 0 Å². The number of Topliss-reactive ketones (excluding diaryl/α,β-unsaturated/α-hetero) is 2. The number of rotatable bonds is 5. The van der Waals surface area contributed by atoms with E-state index in [9.17, 15) is 34.8 Å². The smallest absolute Gasteiger partial charge is 0.255 e. The van der Waals surface area contributed by atoms with E-state index < -0.39 is 58.0 Å². The number of fused-ring (bicyclic) bond motifs is 3. The molecule has 8 N–H and O–H groups in total. The average Bonchev–Trinajstić information content (AvgIpc) is 2.77. The zero-order valence-corrected chi connectivity index (χ0v) is 20.7. The number of phenolic OH excluding ortho intramolecular Hbond substituents is 1. The van der Waals surface area contributed by atoms with Crippen LogP contribution in [-0.4, -0.2) is 87.5 Å². The van der Waals surface area contributed by atoms with Gasteiger partial charge in [-0.1, -0.05) is 0 Å². The highest BCUT2D eigenvalue weighted by Gasteiger charge is 2.64. The summed E-state index contributed by atoms with van der Waals surface area (Å²) in [4.78, 5) is 42.4. The lowest BCUT2D eigenvalue weighted by molar-refractivity contribution is -0.153. The van der Waals surface area contributed by atoms with Crippen LogP contribution in [0.5, 0.6) is 5.75 Å². The first kappa shape index (κ1) is 25.8. The van der Waals surface area contributed by atoms with E-state index in [1.165, 1.54) is 4.90 Å². The van der Waals surface area contributed by atoms with Gasteiger partial charge >= 0.3 is 0 Å². The summed E-state index contributed by atoms with van der Waals surface area (Å²) in [5.41, 5.74) is 9.39. The van der Waals surface area contributed by atoms with Crippen molar-refractivity contribution in [1.82, 2.24) is 9.80 Å². The van der Waals surface area contributed by atoms with Crippen LogP contribution in [0.3, 0.4) is 0 Å². The second-order valence-electron chi connectivity index (χ2n) is 10.3. The summed E-state index contributed by atoms with van der Waals surface area (Å²) in [5.74, 6) is -6.68. The molecule has 3 aliphatic carbocycles. The molecule has 0 heterocycles. The first-order valence-electron chi connectivity index (χ1n) is 11.6. The van der Waals surface area contributed by atoms with Crippen molar-refractivity contribution in [3.05, 3.63) is 45.2 Å². The molecule has 194 valence electrons. The average molecular weight is 501 g/mol. The van der Waals surface area contributed by atoms with E-state index in [1.807, 2.05) is 19.0 Å². The summed E-state index contributed by atoms with van der Waals surface area (Å²) in [6, 6.07) is 0.658. The van der Waals surface area contributed by atoms with Gasteiger partial charge in [0.1, 0.15) is 22.8 Å². The Labute approximate surface area is 208 Å². The first-order valence-corrected chi connectivity index (χ1v) is 11.6. The van der Waals surface area contributed by atoms with E-state index in [1.54, 1.807) is 20.2 Å². The van der Waals surface area contributed by atoms with Gasteiger partial charge in [-0.25, -0.2) is 0 Å². The fraction of sp³-hybridized carbons (Fsp3) is 0.480. The zero-order chi connectivity index (χ0) is 26.9. The van der Waals surface area contributed by atoms with Crippen molar-refractivity contribution in [3.63, 3.8) is 0 Å². The molecule has 1 aromatic carbocycles. The third-order valence-electron chi connectivity index (χ3n) is 7.60. The molecule has 0 radical (unpaired) electrons. The quantitative estimate of drug-likeness (QED) is 0.287. The van der Waals surface area contributed by atoms with Gasteiger partial charge in [0, 0.05) is 30.1 Å². The predicted octanol–water partition coefficient (Wildman–Crippen LogP) is -0.516. The molecule has 1 saturated carbocycles. The number of phenols is 1. The van der Waals surface area contributed by atoms with Crippen LogP contribution in [-0.2, 0) is 33.9 Å². The van der Waals surface area contributed by atoms with Gasteiger partial charge in [-0.15, -0.1) is 0 Å². The molecule has 0 saturated heterocycles. The van der Waals surface area contributed by atoms with Crippen LogP contribution < -0.4 is 11.5 Å². The van der Waals surface area contributed by atoms with Crippen molar-refractivity contribution in [2.75, 3.05) is 28.2 Å². The van der Waals surface area contributed by atoms with E-state index in [0.717, 1.165) is 5.56 Å². The molecule has 11 heteroatoms. The Morgan fingerprint density at radius 1 is 1.14 bits per heavy atom. The number of benzene rings is 1. The molecule has 3 aliphatic rings. The summed E-state index contributed by atoms with van der Waals surface area (Å²) in [7, 11) is 6.87. The predicted molar refractivity (Wildman–Crippen MR) is 130 cm³/mol. The molecular weight excluding hydrogens is 468 g/mol. The fourth-order valence-corrected chi connectivity index (χ4v) is 6.09. The standard InChI is InChI=1S/C25H32N4O7/c1-28(2)9-12-5-11(8-26)19(30)16-13(12)6-10-7-14-18(29(3)4)21(32)17(24(27)35)23(34)25(14,36)22(33)15(10)20(16)31/h5,10,14,18,30-31,34,36H,6-9,26H2,1-4H3,(H2,27,35)/t10-,14-,18-,25-/m0/s1. The topological polar surface area (TPSA) is 191 Å². The van der Waals surface area contributed by atoms with E-state index in [2.05, 4.69) is 0 Å². The molecule has 0 aliphatic heterocycles. The molecule has 0 spiro atoms. The number of carbonyl (C=O) groups excluding carboxylic acids is 3. The Bertz CT molecular complexity index is 1250. The third kappa shape index (κ3) is 3.46. The number of ketones is 2. The number of likely N-dealkylation sites (N-methyl/N-ethyl adjacent to an activating group) is 1. The number of amides is 1. The Morgan fingerprint density at radius 3 is 2.31 bits per heavy atom. The number of aliphatic hydroxyl groups is 3. The normalized spacial score (nSPS) is 27.9. The summed E-state index contributed by atoms with van der Waals surface area (Å²) >= 11 is 0. The molecule has 0 unspecified atom stereocenters. The Morgan fingerprint density at radius 2 is 1.78 bits per heavy atom. The third-order valence-corrected chi connectivity index (χ3v) is 7.60. The second-order valence-corrected chi connectivity index (χ2v) is 10.3. The van der Waals surface area contributed by atoms with Gasteiger partial charge < -0.3 is 36.8 Å². The van der Waals surface area contributed by atoms with Gasteiger partial charge in [-0.3, -0.25) is 19.3 Å². The molecule has 4 rings (SSSR count). The molecular formula is C25H32N4O7. The number of carbonyl (C=O) groups is 3. The van der Waals surface area contributed by atoms with Crippen molar-refractivity contribution in [2.45, 2.75) is 37.6 Å². The number of aromatic hydroxyl groups is 1. The molecule has 0 bridgehead atoms. The summed E-state index contributed by atoms with van der Waals surface area (Å²) in [5, 5.41) is 44.8. The highest BCUT2D eigenvalue weighted by Crippen LogP contribution is 2.53. The maximum Gasteiger partial charge on any atom is 0.255 e. The molecule has 1 amide bonds. The number of hydrogen-bond acceptors (Lipinski definition) is 10. The molecule has 11 nitrogen and oxygen atoms in total. The SMILES string of the molecule is CN(C)Cc1cc(CN)c(O)c2c1C[C@H]1C[C@H]3[C@H](N(C)C)C(=O)C(C(N)=O)=C(O)[C@@]3(O)C(=O)C1=C2O. The Balaban J connectivity index is 1.99. The second kappa shape index (κ2) is 8.70. The van der Waals surface area contributed by atoms with E-state index >= 15 is 0 Å². The minimum atomic E-state index is -2.65. The molecule has 1 fully saturated rings. The van der Waals surface area contributed by atoms with Crippen molar-refractivity contribution in [2.24, 2.45) is 23.3 Å². The number of nitrogens with zero attached hydrogens (tertiary/aromatic N) is 2. The van der Waals surface area contributed by atoms with Crippen LogP contribution in [0.1, 0.15) is 28.7 Å². The molecule has 0 aromatic heterocycles. The largest absolute Gasteiger partial charge is 0.508 e. The lowest BCUT2D eigenvalue weighted by atomic mass is 9.57. The van der Waals surface area contributed by atoms with Crippen LogP contribution in [0, 0.1) is 11.8 Å². The fourth-order valence-electron chi connectivity index (χ4n) is 6.09. The highest BCUT2D eigenvalue weighted by atomic mass is 16.3. The molecule has 4 atom stereocenters. The lowest BCUT2D eigenvalue weighted by Crippen LogP contribution is -2.65. The van der Waals surface area contributed by atoms with Crippen LogP contribution >= 0.6 is 0 Å². The van der Waals surface area contributed by atoms with Crippen LogP contribution in [0.4, 0.5) is 0 Å². The maximum atomic E-state index is 13.9. The molecule has 1 aromatic rings. The number of primary amides is 1. The highest BCUT2D eigenvalue weighted by molar-refractivity contribution is 6.24. The van der Waals surface area contributed by atoms with E-state index in [0.29, 0.717) is 17.7 Å². The monoisotopic (exact) mass is 500 g/mol. The van der Waals surface area contributed by atoms with Gasteiger partial charge in [-0.2, -0.15) is 0 Å². The van der Waals surface area contributed by atoms with E-state index in [4.69, 9.17) is 11.5 Å². The van der Waals surface area contributed by atoms with Crippen LogP contribution in [0.15, 0.2) is 23.0 Å². The Hall–Kier alpha value is -3.25. The van der Waals surface area contributed by atoms with Gasteiger partial charge in [0.2, 0.25) is 5.78 Å². The number of hydrogen-bond donors (Lipinski definition) is 6.